The average Bonchev–Trinajstić information content (AvgIpc) is 2.93. The zero-order chi connectivity index (χ0) is 11.5. The fraction of sp³-hybridized carbons (Fsp3) is 0.818. The van der Waals surface area contributed by atoms with Crippen LogP contribution in [-0.4, -0.2) is 48.9 Å². The first-order valence-corrected chi connectivity index (χ1v) is 5.97. The summed E-state index contributed by atoms with van der Waals surface area (Å²) in [5.41, 5.74) is 0. The second-order valence-corrected chi connectivity index (χ2v) is 4.56. The van der Waals surface area contributed by atoms with Crippen molar-refractivity contribution in [1.29, 1.82) is 0 Å². The van der Waals surface area contributed by atoms with Gasteiger partial charge in [0.15, 0.2) is 0 Å². The summed E-state index contributed by atoms with van der Waals surface area (Å²) in [7, 11) is 1.74. The van der Waals surface area contributed by atoms with Crippen molar-refractivity contribution in [2.45, 2.75) is 37.8 Å². The predicted octanol–water partition coefficient (Wildman–Crippen LogP) is -0.103. The smallest absolute Gasteiger partial charge is 0.243 e. The second kappa shape index (κ2) is 6.21. The molecular weight excluding hydrogens is 242 g/mol. The van der Waals surface area contributed by atoms with E-state index in [0.29, 0.717) is 19.1 Å². The van der Waals surface area contributed by atoms with E-state index >= 15 is 0 Å². The minimum absolute atomic E-state index is 0. The third kappa shape index (κ3) is 3.57. The Hall–Kier alpha value is -0.810. The lowest BCUT2D eigenvalue weighted by Crippen LogP contribution is -2.48. The van der Waals surface area contributed by atoms with Gasteiger partial charge in [0.1, 0.15) is 6.04 Å². The van der Waals surface area contributed by atoms with Crippen LogP contribution in [0.2, 0.25) is 0 Å². The van der Waals surface area contributed by atoms with E-state index in [9.17, 15) is 9.59 Å². The van der Waals surface area contributed by atoms with Gasteiger partial charge in [-0.05, 0) is 32.7 Å². The van der Waals surface area contributed by atoms with E-state index in [4.69, 9.17) is 0 Å². The Morgan fingerprint density at radius 3 is 2.59 bits per heavy atom. The fourth-order valence-corrected chi connectivity index (χ4v) is 2.12. The molecule has 1 unspecified atom stereocenters. The topological polar surface area (TPSA) is 61.4 Å². The molecule has 5 nitrogen and oxygen atoms in total. The summed E-state index contributed by atoms with van der Waals surface area (Å²) >= 11 is 0. The molecule has 1 aliphatic carbocycles. The first-order valence-electron chi connectivity index (χ1n) is 5.97. The highest BCUT2D eigenvalue weighted by atomic mass is 35.5. The van der Waals surface area contributed by atoms with Crippen LogP contribution in [0.3, 0.4) is 0 Å². The SMILES string of the molecule is CNCC(=O)N1CCCC1C(=O)NC1CC1.Cl. The molecule has 0 aromatic rings. The van der Waals surface area contributed by atoms with Crippen LogP contribution in [0.5, 0.6) is 0 Å². The largest absolute Gasteiger partial charge is 0.352 e. The highest BCUT2D eigenvalue weighted by Gasteiger charge is 2.35. The number of likely N-dealkylation sites (tertiary alicyclic amines) is 1. The maximum absolute atomic E-state index is 11.9. The normalized spacial score (nSPS) is 23.1. The van der Waals surface area contributed by atoms with Crippen molar-refractivity contribution in [2.24, 2.45) is 0 Å². The summed E-state index contributed by atoms with van der Waals surface area (Å²) in [6.07, 6.45) is 3.90. The molecule has 17 heavy (non-hydrogen) atoms. The molecule has 98 valence electrons. The Bertz CT molecular complexity index is 294. The molecule has 2 rings (SSSR count). The molecule has 2 fully saturated rings. The minimum atomic E-state index is -0.235. The van der Waals surface area contributed by atoms with E-state index in [-0.39, 0.29) is 30.3 Å². The van der Waals surface area contributed by atoms with Gasteiger partial charge in [-0.2, -0.15) is 0 Å². The lowest BCUT2D eigenvalue weighted by molar-refractivity contribution is -0.137. The number of carbonyl (C=O) groups excluding carboxylic acids is 2. The molecule has 2 amide bonds. The van der Waals surface area contributed by atoms with Crippen molar-refractivity contribution >= 4 is 24.2 Å². The van der Waals surface area contributed by atoms with Gasteiger partial charge in [0, 0.05) is 12.6 Å². The highest BCUT2D eigenvalue weighted by molar-refractivity contribution is 5.89. The van der Waals surface area contributed by atoms with Crippen molar-refractivity contribution in [3.63, 3.8) is 0 Å². The molecule has 0 radical (unpaired) electrons. The quantitative estimate of drug-likeness (QED) is 0.743. The summed E-state index contributed by atoms with van der Waals surface area (Å²) in [5.74, 6) is 0.0559. The van der Waals surface area contributed by atoms with Gasteiger partial charge in [-0.25, -0.2) is 0 Å². The number of rotatable bonds is 4. The van der Waals surface area contributed by atoms with E-state index in [0.717, 1.165) is 25.7 Å². The molecule has 1 saturated carbocycles. The Morgan fingerprint density at radius 2 is 2.00 bits per heavy atom. The Morgan fingerprint density at radius 1 is 1.29 bits per heavy atom. The Labute approximate surface area is 108 Å². The molecular formula is C11H20ClN3O2. The summed E-state index contributed by atoms with van der Waals surface area (Å²) in [5, 5.41) is 5.80. The van der Waals surface area contributed by atoms with E-state index in [2.05, 4.69) is 10.6 Å². The van der Waals surface area contributed by atoms with Gasteiger partial charge in [-0.1, -0.05) is 0 Å². The molecule has 2 N–H and O–H groups in total. The zero-order valence-electron chi connectivity index (χ0n) is 10.1. The number of carbonyl (C=O) groups is 2. The number of amides is 2. The van der Waals surface area contributed by atoms with Crippen LogP contribution in [0.25, 0.3) is 0 Å². The molecule has 2 aliphatic rings. The predicted molar refractivity (Wildman–Crippen MR) is 67.1 cm³/mol. The van der Waals surface area contributed by atoms with Gasteiger partial charge in [0.05, 0.1) is 6.54 Å². The minimum Gasteiger partial charge on any atom is -0.352 e. The van der Waals surface area contributed by atoms with Crippen LogP contribution < -0.4 is 10.6 Å². The van der Waals surface area contributed by atoms with Crippen LogP contribution in [0, 0.1) is 0 Å². The van der Waals surface area contributed by atoms with Crippen LogP contribution >= 0.6 is 12.4 Å². The summed E-state index contributed by atoms with van der Waals surface area (Å²) in [6.45, 7) is 1.02. The molecule has 6 heteroatoms. The van der Waals surface area contributed by atoms with Gasteiger partial charge in [0.2, 0.25) is 11.8 Å². The molecule has 0 bridgehead atoms. The standard InChI is InChI=1S/C11H19N3O2.ClH/c1-12-7-10(15)14-6-2-3-9(14)11(16)13-8-4-5-8;/h8-9,12H,2-7H2,1H3,(H,13,16);1H. The second-order valence-electron chi connectivity index (χ2n) is 4.56. The van der Waals surface area contributed by atoms with Crippen molar-refractivity contribution < 1.29 is 9.59 Å². The molecule has 0 aromatic heterocycles. The third-order valence-corrected chi connectivity index (χ3v) is 3.13. The summed E-state index contributed by atoms with van der Waals surface area (Å²) in [4.78, 5) is 25.3. The van der Waals surface area contributed by atoms with E-state index in [1.807, 2.05) is 0 Å². The summed E-state index contributed by atoms with van der Waals surface area (Å²) in [6, 6.07) is 0.135. The molecule has 1 aliphatic heterocycles. The molecule has 0 spiro atoms. The lowest BCUT2D eigenvalue weighted by Gasteiger charge is -2.23. The number of likely N-dealkylation sites (N-methyl/N-ethyl adjacent to an activating group) is 1. The Kier molecular flexibility index (Phi) is 5.21. The maximum atomic E-state index is 11.9. The third-order valence-electron chi connectivity index (χ3n) is 3.13. The number of hydrogen-bond donors (Lipinski definition) is 2. The van der Waals surface area contributed by atoms with E-state index in [1.54, 1.807) is 11.9 Å². The maximum Gasteiger partial charge on any atom is 0.243 e. The van der Waals surface area contributed by atoms with Gasteiger partial charge in [0.25, 0.3) is 0 Å². The van der Waals surface area contributed by atoms with Gasteiger partial charge in [-0.15, -0.1) is 12.4 Å². The average molecular weight is 262 g/mol. The number of nitrogens with zero attached hydrogens (tertiary/aromatic N) is 1. The fourth-order valence-electron chi connectivity index (χ4n) is 2.12. The number of halogens is 1. The highest BCUT2D eigenvalue weighted by Crippen LogP contribution is 2.22. The number of nitrogens with one attached hydrogen (secondary N) is 2. The molecule has 1 saturated heterocycles. The lowest BCUT2D eigenvalue weighted by atomic mass is 10.2. The number of hydrogen-bond acceptors (Lipinski definition) is 3. The summed E-state index contributed by atoms with van der Waals surface area (Å²) < 4.78 is 0. The van der Waals surface area contributed by atoms with Crippen molar-refractivity contribution in [3.05, 3.63) is 0 Å². The van der Waals surface area contributed by atoms with Crippen molar-refractivity contribution in [3.8, 4) is 0 Å². The van der Waals surface area contributed by atoms with E-state index in [1.165, 1.54) is 0 Å². The van der Waals surface area contributed by atoms with Gasteiger partial charge >= 0.3 is 0 Å². The van der Waals surface area contributed by atoms with Gasteiger partial charge < -0.3 is 15.5 Å². The zero-order valence-corrected chi connectivity index (χ0v) is 10.9. The molecule has 1 atom stereocenters. The Balaban J connectivity index is 0.00000144. The van der Waals surface area contributed by atoms with Gasteiger partial charge in [-0.3, -0.25) is 9.59 Å². The first kappa shape index (κ1) is 14.3. The van der Waals surface area contributed by atoms with Crippen molar-refractivity contribution in [2.75, 3.05) is 20.1 Å². The first-order chi connectivity index (χ1) is 7.72. The van der Waals surface area contributed by atoms with Crippen LogP contribution in [0.1, 0.15) is 25.7 Å². The van der Waals surface area contributed by atoms with Crippen molar-refractivity contribution in [1.82, 2.24) is 15.5 Å². The molecule has 1 heterocycles. The van der Waals surface area contributed by atoms with E-state index < -0.39 is 0 Å². The van der Waals surface area contributed by atoms with Crippen LogP contribution in [0.4, 0.5) is 0 Å². The monoisotopic (exact) mass is 261 g/mol. The van der Waals surface area contributed by atoms with Crippen LogP contribution in [0.15, 0.2) is 0 Å². The molecule has 0 aromatic carbocycles. The van der Waals surface area contributed by atoms with Crippen LogP contribution in [-0.2, 0) is 9.59 Å².